The lowest BCUT2D eigenvalue weighted by atomic mass is 10.0. The molecule has 5 heteroatoms. The van der Waals surface area contributed by atoms with E-state index in [0.717, 1.165) is 16.9 Å². The Labute approximate surface area is 149 Å². The quantitative estimate of drug-likeness (QED) is 0.755. The normalized spacial score (nSPS) is 12.6. The number of hydrogen-bond donors (Lipinski definition) is 2. The molecule has 4 nitrogen and oxygen atoms in total. The number of halogens is 1. The van der Waals surface area contributed by atoms with Crippen LogP contribution >= 0.6 is 12.4 Å². The number of amides is 1. The first kappa shape index (κ1) is 20.0. The smallest absolute Gasteiger partial charge is 0.224 e. The van der Waals surface area contributed by atoms with Gasteiger partial charge in [0.05, 0.1) is 6.54 Å². The Morgan fingerprint density at radius 3 is 2.38 bits per heavy atom. The number of hydrogen-bond acceptors (Lipinski definition) is 3. The number of nitrogens with one attached hydrogen (secondary N) is 1. The van der Waals surface area contributed by atoms with Crippen LogP contribution in [-0.2, 0) is 4.79 Å². The molecule has 0 saturated heterocycles. The second-order valence-electron chi connectivity index (χ2n) is 5.65. The van der Waals surface area contributed by atoms with Crippen molar-refractivity contribution < 1.29 is 9.53 Å². The van der Waals surface area contributed by atoms with E-state index in [1.807, 2.05) is 68.4 Å². The van der Waals surface area contributed by atoms with Gasteiger partial charge >= 0.3 is 0 Å². The molecular weight excluding hydrogens is 324 g/mol. The highest BCUT2D eigenvalue weighted by Crippen LogP contribution is 2.29. The third-order valence-electron chi connectivity index (χ3n) is 3.83. The van der Waals surface area contributed by atoms with E-state index in [1.54, 1.807) is 0 Å². The molecule has 24 heavy (non-hydrogen) atoms. The van der Waals surface area contributed by atoms with Gasteiger partial charge in [-0.1, -0.05) is 55.5 Å². The summed E-state index contributed by atoms with van der Waals surface area (Å²) in [6.45, 7) is 4.53. The second kappa shape index (κ2) is 9.96. The number of benzene rings is 2. The Kier molecular flexibility index (Phi) is 8.30. The van der Waals surface area contributed by atoms with Gasteiger partial charge in [-0.05, 0) is 18.6 Å². The van der Waals surface area contributed by atoms with Gasteiger partial charge in [0, 0.05) is 17.5 Å². The minimum Gasteiger partial charge on any atom is -0.491 e. The highest BCUT2D eigenvalue weighted by Gasteiger charge is 2.16. The molecule has 0 saturated carbocycles. The van der Waals surface area contributed by atoms with Crippen molar-refractivity contribution in [1.82, 2.24) is 5.32 Å². The first-order valence-corrected chi connectivity index (χ1v) is 7.90. The number of rotatable bonds is 7. The van der Waals surface area contributed by atoms with Crippen LogP contribution in [0.3, 0.4) is 0 Å². The molecule has 0 aliphatic heterocycles. The Morgan fingerprint density at radius 1 is 1.08 bits per heavy atom. The summed E-state index contributed by atoms with van der Waals surface area (Å²) in [6.07, 6.45) is 0. The highest BCUT2D eigenvalue weighted by atomic mass is 35.5. The van der Waals surface area contributed by atoms with Gasteiger partial charge in [0.2, 0.25) is 5.91 Å². The Morgan fingerprint density at radius 2 is 1.71 bits per heavy atom. The largest absolute Gasteiger partial charge is 0.491 e. The van der Waals surface area contributed by atoms with E-state index in [-0.39, 0.29) is 30.3 Å². The van der Waals surface area contributed by atoms with Crippen LogP contribution in [0.25, 0.3) is 11.1 Å². The first-order valence-electron chi connectivity index (χ1n) is 7.90. The Hall–Kier alpha value is -2.04. The summed E-state index contributed by atoms with van der Waals surface area (Å²) in [5.41, 5.74) is 7.88. The van der Waals surface area contributed by atoms with E-state index in [9.17, 15) is 4.79 Å². The Bertz CT molecular complexity index is 632. The maximum atomic E-state index is 11.8. The van der Waals surface area contributed by atoms with Crippen LogP contribution in [0.4, 0.5) is 0 Å². The van der Waals surface area contributed by atoms with E-state index < -0.39 is 0 Å². The van der Waals surface area contributed by atoms with Crippen LogP contribution in [0, 0.1) is 5.92 Å². The summed E-state index contributed by atoms with van der Waals surface area (Å²) in [4.78, 5) is 11.8. The number of nitrogens with two attached hydrogens (primary N) is 1. The molecule has 0 aliphatic rings. The molecule has 0 bridgehead atoms. The van der Waals surface area contributed by atoms with Gasteiger partial charge in [-0.15, -0.1) is 12.4 Å². The maximum absolute atomic E-state index is 11.8. The molecule has 0 spiro atoms. The molecule has 0 aromatic heterocycles. The van der Waals surface area contributed by atoms with Crippen LogP contribution in [0.2, 0.25) is 0 Å². The third-order valence-corrected chi connectivity index (χ3v) is 3.83. The van der Waals surface area contributed by atoms with Gasteiger partial charge < -0.3 is 15.8 Å². The lowest BCUT2D eigenvalue weighted by molar-refractivity contribution is -0.125. The van der Waals surface area contributed by atoms with Gasteiger partial charge in [0.15, 0.2) is 0 Å². The predicted octanol–water partition coefficient (Wildman–Crippen LogP) is 3.25. The standard InChI is InChI=1S/C19H24N2O2.ClH/c1-14(15(2)20)19(22)21-12-13-23-18-11-7-6-10-17(18)16-8-4-3-5-9-16;/h3-11,14-15H,12-13,20H2,1-2H3,(H,21,22);1H. The highest BCUT2D eigenvalue weighted by molar-refractivity contribution is 5.85. The van der Waals surface area contributed by atoms with Gasteiger partial charge in [0.25, 0.3) is 0 Å². The zero-order valence-electron chi connectivity index (χ0n) is 14.1. The van der Waals surface area contributed by atoms with E-state index >= 15 is 0 Å². The van der Waals surface area contributed by atoms with Gasteiger partial charge in [-0.25, -0.2) is 0 Å². The van der Waals surface area contributed by atoms with E-state index in [4.69, 9.17) is 10.5 Å². The number of carbonyl (C=O) groups is 1. The van der Waals surface area contributed by atoms with Crippen molar-refractivity contribution in [2.45, 2.75) is 19.9 Å². The lowest BCUT2D eigenvalue weighted by Crippen LogP contribution is -2.40. The number of ether oxygens (including phenoxy) is 1. The fourth-order valence-electron chi connectivity index (χ4n) is 2.18. The zero-order chi connectivity index (χ0) is 16.7. The fraction of sp³-hybridized carbons (Fsp3) is 0.316. The summed E-state index contributed by atoms with van der Waals surface area (Å²) < 4.78 is 5.84. The number of carbonyl (C=O) groups excluding carboxylic acids is 1. The van der Waals surface area contributed by atoms with Gasteiger partial charge in [-0.2, -0.15) is 0 Å². The average molecular weight is 349 g/mol. The first-order chi connectivity index (χ1) is 11.1. The van der Waals surface area contributed by atoms with Crippen molar-refractivity contribution in [3.05, 3.63) is 54.6 Å². The van der Waals surface area contributed by atoms with Crippen LogP contribution in [0.15, 0.2) is 54.6 Å². The van der Waals surface area contributed by atoms with Crippen molar-refractivity contribution in [3.8, 4) is 16.9 Å². The fourth-order valence-corrected chi connectivity index (χ4v) is 2.18. The van der Waals surface area contributed by atoms with Crippen molar-refractivity contribution >= 4 is 18.3 Å². The average Bonchev–Trinajstić information content (AvgIpc) is 2.58. The zero-order valence-corrected chi connectivity index (χ0v) is 14.9. The maximum Gasteiger partial charge on any atom is 0.224 e. The molecule has 0 radical (unpaired) electrons. The molecule has 2 aromatic rings. The Balaban J connectivity index is 0.00000288. The summed E-state index contributed by atoms with van der Waals surface area (Å²) in [7, 11) is 0. The van der Waals surface area contributed by atoms with Crippen LogP contribution < -0.4 is 15.8 Å². The molecule has 130 valence electrons. The van der Waals surface area contributed by atoms with Crippen molar-refractivity contribution in [2.24, 2.45) is 11.7 Å². The topological polar surface area (TPSA) is 64.4 Å². The van der Waals surface area contributed by atoms with Crippen molar-refractivity contribution in [3.63, 3.8) is 0 Å². The van der Waals surface area contributed by atoms with Crippen molar-refractivity contribution in [1.29, 1.82) is 0 Å². The lowest BCUT2D eigenvalue weighted by Gasteiger charge is -2.16. The van der Waals surface area contributed by atoms with E-state index in [1.165, 1.54) is 0 Å². The molecule has 2 unspecified atom stereocenters. The molecule has 3 N–H and O–H groups in total. The minimum absolute atomic E-state index is 0. The summed E-state index contributed by atoms with van der Waals surface area (Å²) >= 11 is 0. The minimum atomic E-state index is -0.202. The van der Waals surface area contributed by atoms with Crippen LogP contribution in [-0.4, -0.2) is 25.1 Å². The summed E-state index contributed by atoms with van der Waals surface area (Å²) in [5, 5.41) is 2.85. The molecule has 0 fully saturated rings. The second-order valence-corrected chi connectivity index (χ2v) is 5.65. The molecule has 0 heterocycles. The molecule has 0 aliphatic carbocycles. The van der Waals surface area contributed by atoms with Gasteiger partial charge in [-0.3, -0.25) is 4.79 Å². The van der Waals surface area contributed by atoms with Crippen LogP contribution in [0.5, 0.6) is 5.75 Å². The SMILES string of the molecule is CC(N)C(C)C(=O)NCCOc1ccccc1-c1ccccc1.Cl. The van der Waals surface area contributed by atoms with Crippen molar-refractivity contribution in [2.75, 3.05) is 13.2 Å². The third kappa shape index (κ3) is 5.55. The molecule has 2 aromatic carbocycles. The molecule has 2 rings (SSSR count). The predicted molar refractivity (Wildman–Crippen MR) is 100 cm³/mol. The molecular formula is C19H25ClN2O2. The molecule has 2 atom stereocenters. The van der Waals surface area contributed by atoms with Gasteiger partial charge in [0.1, 0.15) is 12.4 Å². The monoisotopic (exact) mass is 348 g/mol. The van der Waals surface area contributed by atoms with E-state index in [0.29, 0.717) is 13.2 Å². The summed E-state index contributed by atoms with van der Waals surface area (Å²) in [5.74, 6) is 0.569. The molecule has 1 amide bonds. The van der Waals surface area contributed by atoms with E-state index in [2.05, 4.69) is 5.32 Å². The van der Waals surface area contributed by atoms with Crippen LogP contribution in [0.1, 0.15) is 13.8 Å². The summed E-state index contributed by atoms with van der Waals surface area (Å²) in [6, 6.07) is 17.8. The number of para-hydroxylation sites is 1.